The number of piperidine rings is 1. The van der Waals surface area contributed by atoms with E-state index in [2.05, 4.69) is 23.1 Å². The standard InChI is InChI=1S/C11H21N3/c1-3-7-13-11(10-12)5-8-14(4-2)9-6-11/h1,13H,4-10,12H2,2H3. The minimum atomic E-state index is 0.0953. The van der Waals surface area contributed by atoms with Crippen molar-refractivity contribution in [1.29, 1.82) is 0 Å². The quantitative estimate of drug-likeness (QED) is 0.622. The molecule has 0 saturated carbocycles. The van der Waals surface area contributed by atoms with Crippen LogP contribution in [0.2, 0.25) is 0 Å². The predicted octanol–water partition coefficient (Wildman–Crippen LogP) is 0.0224. The first-order valence-electron chi connectivity index (χ1n) is 5.37. The van der Waals surface area contributed by atoms with Crippen molar-refractivity contribution in [2.24, 2.45) is 5.73 Å². The Bertz CT molecular complexity index is 199. The number of hydrogen-bond acceptors (Lipinski definition) is 3. The van der Waals surface area contributed by atoms with Gasteiger partial charge in [0.2, 0.25) is 0 Å². The van der Waals surface area contributed by atoms with E-state index < -0.39 is 0 Å². The second-order valence-electron chi connectivity index (χ2n) is 3.98. The van der Waals surface area contributed by atoms with Crippen molar-refractivity contribution in [1.82, 2.24) is 10.2 Å². The third-order valence-electron chi connectivity index (χ3n) is 3.22. The largest absolute Gasteiger partial charge is 0.329 e. The Balaban J connectivity index is 2.44. The predicted molar refractivity (Wildman–Crippen MR) is 60.0 cm³/mol. The maximum Gasteiger partial charge on any atom is 0.0578 e. The van der Waals surface area contributed by atoms with E-state index in [1.807, 2.05) is 0 Å². The molecule has 0 aromatic carbocycles. The van der Waals surface area contributed by atoms with Gasteiger partial charge in [-0.15, -0.1) is 6.42 Å². The molecule has 3 N–H and O–H groups in total. The molecule has 1 aliphatic rings. The first kappa shape index (κ1) is 11.5. The van der Waals surface area contributed by atoms with Crippen molar-refractivity contribution in [3.63, 3.8) is 0 Å². The topological polar surface area (TPSA) is 41.3 Å². The summed E-state index contributed by atoms with van der Waals surface area (Å²) < 4.78 is 0. The summed E-state index contributed by atoms with van der Waals surface area (Å²) in [5.74, 6) is 2.62. The molecule has 0 radical (unpaired) electrons. The Labute approximate surface area is 87.0 Å². The fourth-order valence-corrected chi connectivity index (χ4v) is 1.99. The molecule has 1 fully saturated rings. The van der Waals surface area contributed by atoms with Crippen molar-refractivity contribution in [3.05, 3.63) is 0 Å². The molecule has 1 saturated heterocycles. The molecule has 0 amide bonds. The van der Waals surface area contributed by atoms with Gasteiger partial charge in [0.1, 0.15) is 0 Å². The monoisotopic (exact) mass is 195 g/mol. The number of rotatable bonds is 4. The Morgan fingerprint density at radius 3 is 2.57 bits per heavy atom. The van der Waals surface area contributed by atoms with E-state index in [0.29, 0.717) is 13.1 Å². The van der Waals surface area contributed by atoms with E-state index >= 15 is 0 Å². The summed E-state index contributed by atoms with van der Waals surface area (Å²) in [4.78, 5) is 2.45. The van der Waals surface area contributed by atoms with Gasteiger partial charge in [0.15, 0.2) is 0 Å². The van der Waals surface area contributed by atoms with E-state index in [4.69, 9.17) is 12.2 Å². The Kier molecular flexibility index (Phi) is 4.40. The van der Waals surface area contributed by atoms with Crippen LogP contribution in [0.4, 0.5) is 0 Å². The molecule has 3 nitrogen and oxygen atoms in total. The minimum Gasteiger partial charge on any atom is -0.329 e. The van der Waals surface area contributed by atoms with Gasteiger partial charge in [0.05, 0.1) is 6.54 Å². The van der Waals surface area contributed by atoms with Crippen molar-refractivity contribution in [2.75, 3.05) is 32.7 Å². The van der Waals surface area contributed by atoms with E-state index in [9.17, 15) is 0 Å². The van der Waals surface area contributed by atoms with Crippen LogP contribution in [-0.4, -0.2) is 43.2 Å². The normalized spacial score (nSPS) is 21.8. The highest BCUT2D eigenvalue weighted by Crippen LogP contribution is 2.20. The molecule has 1 heterocycles. The van der Waals surface area contributed by atoms with Crippen LogP contribution in [-0.2, 0) is 0 Å². The van der Waals surface area contributed by atoms with Crippen LogP contribution in [0.25, 0.3) is 0 Å². The van der Waals surface area contributed by atoms with Gasteiger partial charge in [-0.2, -0.15) is 0 Å². The van der Waals surface area contributed by atoms with Crippen molar-refractivity contribution >= 4 is 0 Å². The number of nitrogens with zero attached hydrogens (tertiary/aromatic N) is 1. The van der Waals surface area contributed by atoms with Crippen LogP contribution in [0.5, 0.6) is 0 Å². The SMILES string of the molecule is C#CCNC1(CN)CCN(CC)CC1. The highest BCUT2D eigenvalue weighted by molar-refractivity contribution is 4.98. The summed E-state index contributed by atoms with van der Waals surface area (Å²) in [7, 11) is 0. The second-order valence-corrected chi connectivity index (χ2v) is 3.98. The van der Waals surface area contributed by atoms with Gasteiger partial charge in [0, 0.05) is 12.1 Å². The van der Waals surface area contributed by atoms with Gasteiger partial charge in [-0.05, 0) is 32.5 Å². The van der Waals surface area contributed by atoms with Crippen molar-refractivity contribution in [2.45, 2.75) is 25.3 Å². The summed E-state index contributed by atoms with van der Waals surface area (Å²) in [6.45, 7) is 6.91. The molecule has 0 aromatic heterocycles. The van der Waals surface area contributed by atoms with E-state index in [-0.39, 0.29) is 5.54 Å². The highest BCUT2D eigenvalue weighted by Gasteiger charge is 2.31. The average Bonchev–Trinajstić information content (AvgIpc) is 2.27. The van der Waals surface area contributed by atoms with Gasteiger partial charge in [0.25, 0.3) is 0 Å². The highest BCUT2D eigenvalue weighted by atomic mass is 15.2. The zero-order valence-corrected chi connectivity index (χ0v) is 9.05. The molecule has 0 aromatic rings. The van der Waals surface area contributed by atoms with Gasteiger partial charge in [-0.3, -0.25) is 5.32 Å². The summed E-state index contributed by atoms with van der Waals surface area (Å²) in [6.07, 6.45) is 7.47. The lowest BCUT2D eigenvalue weighted by molar-refractivity contribution is 0.148. The number of terminal acetylenes is 1. The van der Waals surface area contributed by atoms with Crippen LogP contribution in [0.3, 0.4) is 0 Å². The summed E-state index contributed by atoms with van der Waals surface area (Å²) >= 11 is 0. The number of nitrogens with two attached hydrogens (primary N) is 1. The Hall–Kier alpha value is -0.560. The number of hydrogen-bond donors (Lipinski definition) is 2. The molecule has 1 rings (SSSR count). The fourth-order valence-electron chi connectivity index (χ4n) is 1.99. The van der Waals surface area contributed by atoms with E-state index in [0.717, 1.165) is 32.5 Å². The lowest BCUT2D eigenvalue weighted by Crippen LogP contribution is -2.57. The molecule has 3 heteroatoms. The second kappa shape index (κ2) is 5.35. The van der Waals surface area contributed by atoms with Crippen LogP contribution < -0.4 is 11.1 Å². The maximum atomic E-state index is 5.82. The van der Waals surface area contributed by atoms with Crippen LogP contribution in [0.1, 0.15) is 19.8 Å². The first-order valence-corrected chi connectivity index (χ1v) is 5.37. The fraction of sp³-hybridized carbons (Fsp3) is 0.818. The Morgan fingerprint density at radius 2 is 2.14 bits per heavy atom. The zero-order chi connectivity index (χ0) is 10.4. The molecule has 1 aliphatic heterocycles. The molecule has 0 unspecified atom stereocenters. The maximum absolute atomic E-state index is 5.82. The molecule has 0 spiro atoms. The average molecular weight is 195 g/mol. The van der Waals surface area contributed by atoms with Crippen molar-refractivity contribution in [3.8, 4) is 12.3 Å². The third-order valence-corrected chi connectivity index (χ3v) is 3.22. The number of likely N-dealkylation sites (tertiary alicyclic amines) is 1. The van der Waals surface area contributed by atoms with Crippen molar-refractivity contribution < 1.29 is 0 Å². The summed E-state index contributed by atoms with van der Waals surface area (Å²) in [5.41, 5.74) is 5.91. The molecule has 0 atom stereocenters. The smallest absolute Gasteiger partial charge is 0.0578 e. The zero-order valence-electron chi connectivity index (χ0n) is 9.05. The molecular weight excluding hydrogens is 174 g/mol. The van der Waals surface area contributed by atoms with Crippen LogP contribution in [0.15, 0.2) is 0 Å². The van der Waals surface area contributed by atoms with E-state index in [1.54, 1.807) is 0 Å². The first-order chi connectivity index (χ1) is 6.76. The Morgan fingerprint density at radius 1 is 1.50 bits per heavy atom. The number of nitrogens with one attached hydrogen (secondary N) is 1. The summed E-state index contributed by atoms with van der Waals surface area (Å²) in [5, 5.41) is 3.39. The third kappa shape index (κ3) is 2.71. The lowest BCUT2D eigenvalue weighted by atomic mass is 9.87. The summed E-state index contributed by atoms with van der Waals surface area (Å²) in [6, 6.07) is 0. The molecule has 0 aliphatic carbocycles. The van der Waals surface area contributed by atoms with Gasteiger partial charge in [-0.25, -0.2) is 0 Å². The lowest BCUT2D eigenvalue weighted by Gasteiger charge is -2.41. The van der Waals surface area contributed by atoms with Gasteiger partial charge < -0.3 is 10.6 Å². The molecule has 80 valence electrons. The van der Waals surface area contributed by atoms with Crippen LogP contribution in [0, 0.1) is 12.3 Å². The molecule has 0 bridgehead atoms. The van der Waals surface area contributed by atoms with Gasteiger partial charge >= 0.3 is 0 Å². The van der Waals surface area contributed by atoms with E-state index in [1.165, 1.54) is 0 Å². The van der Waals surface area contributed by atoms with Crippen LogP contribution >= 0.6 is 0 Å². The minimum absolute atomic E-state index is 0.0953. The van der Waals surface area contributed by atoms with Gasteiger partial charge in [-0.1, -0.05) is 12.8 Å². The molecular formula is C11H21N3. The molecule has 14 heavy (non-hydrogen) atoms.